The largest absolute Gasteiger partial charge is 0.0944 e. The first-order valence-corrected chi connectivity index (χ1v) is 10.7. The Balaban J connectivity index is 2.74. The molecule has 0 bridgehead atoms. The number of hydrogen-bond donors (Lipinski definition) is 0. The van der Waals surface area contributed by atoms with Gasteiger partial charge in [-0.1, -0.05) is 79.6 Å². The minimum Gasteiger partial charge on any atom is -0.0944 e. The Kier molecular flexibility index (Phi) is 5.49. The molecule has 0 aliphatic heterocycles. The Morgan fingerprint density at radius 3 is 2.00 bits per heavy atom. The van der Waals surface area contributed by atoms with E-state index in [2.05, 4.69) is 74.7 Å². The van der Waals surface area contributed by atoms with Gasteiger partial charge in [0, 0.05) is 0 Å². The van der Waals surface area contributed by atoms with Crippen molar-refractivity contribution in [3.63, 3.8) is 0 Å². The highest BCUT2D eigenvalue weighted by atomic mass is 28.3. The van der Waals surface area contributed by atoms with Crippen molar-refractivity contribution in [2.24, 2.45) is 0 Å². The van der Waals surface area contributed by atoms with Gasteiger partial charge < -0.3 is 0 Å². The number of allylic oxidation sites excluding steroid dienone is 2. The zero-order valence-electron chi connectivity index (χ0n) is 10.6. The van der Waals surface area contributed by atoms with Crippen LogP contribution in [0.4, 0.5) is 0 Å². The van der Waals surface area contributed by atoms with E-state index >= 15 is 0 Å². The van der Waals surface area contributed by atoms with Crippen LogP contribution in [0.2, 0.25) is 26.2 Å². The molecule has 84 valence electrons. The molecule has 0 saturated carbocycles. The molecule has 1 aromatic carbocycles. The summed E-state index contributed by atoms with van der Waals surface area (Å²) in [6, 6.07) is 10.5. The Hall–Kier alpha value is -0.866. The van der Waals surface area contributed by atoms with E-state index in [-0.39, 0.29) is 17.6 Å². The summed E-state index contributed by atoms with van der Waals surface area (Å²) in [7, 11) is -0.542. The highest BCUT2D eigenvalue weighted by Gasteiger charge is 2.08. The van der Waals surface area contributed by atoms with Gasteiger partial charge in [-0.3, -0.25) is 0 Å². The van der Waals surface area contributed by atoms with Gasteiger partial charge in [-0.2, -0.15) is 0 Å². The number of rotatable bonds is 4. The van der Waals surface area contributed by atoms with Crippen molar-refractivity contribution in [3.8, 4) is 0 Å². The summed E-state index contributed by atoms with van der Waals surface area (Å²) < 4.78 is 0. The van der Waals surface area contributed by atoms with E-state index in [1.165, 1.54) is 5.56 Å². The van der Waals surface area contributed by atoms with Crippen LogP contribution in [0.3, 0.4) is 0 Å². The van der Waals surface area contributed by atoms with Crippen molar-refractivity contribution >= 4 is 23.7 Å². The van der Waals surface area contributed by atoms with Crippen LogP contribution in [0.15, 0.2) is 47.3 Å². The van der Waals surface area contributed by atoms with Gasteiger partial charge in [0.1, 0.15) is 0 Å². The molecule has 0 fully saturated rings. The first-order chi connectivity index (χ1) is 7.61. The first-order valence-electron chi connectivity index (χ1n) is 5.65. The fourth-order valence-corrected chi connectivity index (χ4v) is 6.51. The maximum Gasteiger partial charge on any atom is 0.0684 e. The third kappa shape index (κ3) is 4.33. The summed E-state index contributed by atoms with van der Waals surface area (Å²) in [6.45, 7) is 9.52. The van der Waals surface area contributed by atoms with Crippen molar-refractivity contribution in [2.75, 3.05) is 0 Å². The van der Waals surface area contributed by atoms with Crippen LogP contribution in [0.5, 0.6) is 0 Å². The van der Waals surface area contributed by atoms with Crippen molar-refractivity contribution in [2.45, 2.75) is 26.2 Å². The van der Waals surface area contributed by atoms with Gasteiger partial charge in [-0.25, -0.2) is 0 Å². The smallest absolute Gasteiger partial charge is 0.0684 e. The topological polar surface area (TPSA) is 0 Å². The summed E-state index contributed by atoms with van der Waals surface area (Å²) in [5, 5.41) is 0. The van der Waals surface area contributed by atoms with Gasteiger partial charge >= 0.3 is 0 Å². The molecule has 0 atom stereocenters. The van der Waals surface area contributed by atoms with Gasteiger partial charge in [0.2, 0.25) is 0 Å². The summed E-state index contributed by atoms with van der Waals surface area (Å²) >= 11 is 0. The standard InChI is InChI=1S/C14H20Si2/c1-15(2)14(16(3)4)12-8-11-13-9-6-5-7-10-13/h5-12H,1-4H3/b11-8+. The van der Waals surface area contributed by atoms with Gasteiger partial charge in [0.15, 0.2) is 0 Å². The lowest BCUT2D eigenvalue weighted by Crippen LogP contribution is -2.18. The second kappa shape index (κ2) is 6.66. The minimum absolute atomic E-state index is 0.271. The molecule has 0 aliphatic carbocycles. The highest BCUT2D eigenvalue weighted by molar-refractivity contribution is 6.86. The summed E-state index contributed by atoms with van der Waals surface area (Å²) in [6.07, 6.45) is 6.74. The molecule has 1 rings (SSSR count). The van der Waals surface area contributed by atoms with E-state index < -0.39 is 0 Å². The van der Waals surface area contributed by atoms with Crippen LogP contribution in [-0.4, -0.2) is 17.6 Å². The molecule has 1 aromatic rings. The Morgan fingerprint density at radius 2 is 1.50 bits per heavy atom. The summed E-state index contributed by atoms with van der Waals surface area (Å²) in [4.78, 5) is 1.71. The Morgan fingerprint density at radius 1 is 0.938 bits per heavy atom. The zero-order valence-corrected chi connectivity index (χ0v) is 12.6. The molecule has 0 unspecified atom stereocenters. The van der Waals surface area contributed by atoms with Crippen LogP contribution in [0.25, 0.3) is 6.08 Å². The Bertz CT molecular complexity index is 352. The van der Waals surface area contributed by atoms with Crippen LogP contribution >= 0.6 is 0 Å². The molecule has 0 N–H and O–H groups in total. The maximum atomic E-state index is 2.38. The molecule has 0 saturated heterocycles. The van der Waals surface area contributed by atoms with Crippen LogP contribution in [-0.2, 0) is 0 Å². The van der Waals surface area contributed by atoms with Crippen LogP contribution < -0.4 is 0 Å². The molecule has 2 heteroatoms. The van der Waals surface area contributed by atoms with Gasteiger partial charge in [0.05, 0.1) is 17.6 Å². The number of benzene rings is 1. The van der Waals surface area contributed by atoms with E-state index in [1.807, 2.05) is 0 Å². The predicted octanol–water partition coefficient (Wildman–Crippen LogP) is 4.21. The quantitative estimate of drug-likeness (QED) is 0.550. The number of hydrogen-bond acceptors (Lipinski definition) is 0. The van der Waals surface area contributed by atoms with Gasteiger partial charge in [-0.15, -0.1) is 0 Å². The van der Waals surface area contributed by atoms with E-state index in [9.17, 15) is 0 Å². The van der Waals surface area contributed by atoms with Gasteiger partial charge in [-0.05, 0) is 5.56 Å². The zero-order chi connectivity index (χ0) is 12.0. The monoisotopic (exact) mass is 244 g/mol. The molecule has 0 amide bonds. The molecule has 0 nitrogen and oxygen atoms in total. The van der Waals surface area contributed by atoms with Crippen LogP contribution in [0.1, 0.15) is 5.56 Å². The summed E-state index contributed by atoms with van der Waals surface area (Å²) in [5.41, 5.74) is 1.28. The minimum atomic E-state index is -0.271. The molecule has 16 heavy (non-hydrogen) atoms. The maximum absolute atomic E-state index is 2.38. The normalized spacial score (nSPS) is 11.4. The third-order valence-corrected chi connectivity index (χ3v) is 7.92. The molecule has 2 radical (unpaired) electrons. The second-order valence-electron chi connectivity index (χ2n) is 4.35. The predicted molar refractivity (Wildman–Crippen MR) is 78.5 cm³/mol. The van der Waals surface area contributed by atoms with Crippen molar-refractivity contribution in [1.29, 1.82) is 0 Å². The van der Waals surface area contributed by atoms with E-state index in [0.29, 0.717) is 0 Å². The third-order valence-electron chi connectivity index (χ3n) is 2.43. The summed E-state index contributed by atoms with van der Waals surface area (Å²) in [5.74, 6) is 0. The highest BCUT2D eigenvalue weighted by Crippen LogP contribution is 2.08. The molecule has 0 aliphatic rings. The second-order valence-corrected chi connectivity index (χ2v) is 9.93. The van der Waals surface area contributed by atoms with Crippen LogP contribution in [0, 0.1) is 0 Å². The van der Waals surface area contributed by atoms with Crippen molar-refractivity contribution < 1.29 is 0 Å². The molecular formula is C14H20Si2. The SMILES string of the molecule is C[Si](C)C(=C/C=C/c1ccccc1)[Si](C)C. The van der Waals surface area contributed by atoms with E-state index in [0.717, 1.165) is 0 Å². The van der Waals surface area contributed by atoms with Crippen molar-refractivity contribution in [1.82, 2.24) is 0 Å². The molecule has 0 heterocycles. The fraction of sp³-hybridized carbons (Fsp3) is 0.286. The first kappa shape index (κ1) is 13.2. The Labute approximate surface area is 103 Å². The lowest BCUT2D eigenvalue weighted by Gasteiger charge is -2.11. The van der Waals surface area contributed by atoms with E-state index in [1.54, 1.807) is 4.82 Å². The van der Waals surface area contributed by atoms with Crippen molar-refractivity contribution in [3.05, 3.63) is 52.9 Å². The van der Waals surface area contributed by atoms with E-state index in [4.69, 9.17) is 0 Å². The lowest BCUT2D eigenvalue weighted by atomic mass is 10.2. The molecular weight excluding hydrogens is 224 g/mol. The average Bonchev–Trinajstić information content (AvgIpc) is 2.24. The fourth-order valence-electron chi connectivity index (χ4n) is 1.65. The lowest BCUT2D eigenvalue weighted by molar-refractivity contribution is 1.66. The molecule has 0 spiro atoms. The average molecular weight is 244 g/mol. The van der Waals surface area contributed by atoms with Gasteiger partial charge in [0.25, 0.3) is 0 Å². The molecule has 0 aromatic heterocycles.